The van der Waals surface area contributed by atoms with E-state index in [4.69, 9.17) is 4.74 Å². The van der Waals surface area contributed by atoms with Gasteiger partial charge in [0.2, 0.25) is 0 Å². The molecule has 2 aliphatic rings. The maximum Gasteiger partial charge on any atom is 0.302 e. The Hall–Kier alpha value is -0.570. The van der Waals surface area contributed by atoms with Crippen LogP contribution in [0.1, 0.15) is 51.9 Å². The molecule has 3 heteroatoms. The number of carbonyl (C=O) groups excluding carboxylic acids is 1. The minimum atomic E-state index is -0.129. The van der Waals surface area contributed by atoms with Gasteiger partial charge in [-0.25, -0.2) is 0 Å². The number of esters is 1. The monoisotopic (exact) mass is 225 g/mol. The van der Waals surface area contributed by atoms with E-state index in [1.54, 1.807) is 0 Å². The maximum atomic E-state index is 11.0. The molecule has 92 valence electrons. The molecule has 2 rings (SSSR count). The predicted molar refractivity (Wildman–Crippen MR) is 63.2 cm³/mol. The van der Waals surface area contributed by atoms with Gasteiger partial charge in [0.05, 0.1) is 0 Å². The van der Waals surface area contributed by atoms with Gasteiger partial charge in [-0.15, -0.1) is 0 Å². The van der Waals surface area contributed by atoms with Crippen molar-refractivity contribution < 1.29 is 9.53 Å². The van der Waals surface area contributed by atoms with Crippen LogP contribution in [0, 0.1) is 0 Å². The fourth-order valence-corrected chi connectivity index (χ4v) is 3.07. The molecule has 0 aromatic carbocycles. The highest BCUT2D eigenvalue weighted by Crippen LogP contribution is 2.25. The summed E-state index contributed by atoms with van der Waals surface area (Å²) < 4.78 is 5.33. The number of nitrogens with zero attached hydrogens (tertiary/aromatic N) is 1. The fraction of sp³-hybridized carbons (Fsp3) is 0.923. The first-order valence-corrected chi connectivity index (χ1v) is 6.67. The Morgan fingerprint density at radius 2 is 1.88 bits per heavy atom. The number of rotatable bonds is 2. The minimum Gasteiger partial charge on any atom is -0.461 e. The van der Waals surface area contributed by atoms with E-state index < -0.39 is 0 Å². The highest BCUT2D eigenvalue weighted by atomic mass is 16.5. The number of hydrogen-bond acceptors (Lipinski definition) is 3. The normalized spacial score (nSPS) is 28.9. The van der Waals surface area contributed by atoms with E-state index in [9.17, 15) is 4.79 Å². The molecule has 0 aromatic rings. The Morgan fingerprint density at radius 3 is 2.56 bits per heavy atom. The molecule has 1 heterocycles. The van der Waals surface area contributed by atoms with Crippen LogP contribution in [0.25, 0.3) is 0 Å². The van der Waals surface area contributed by atoms with Gasteiger partial charge < -0.3 is 4.74 Å². The summed E-state index contributed by atoms with van der Waals surface area (Å²) in [4.78, 5) is 13.5. The summed E-state index contributed by atoms with van der Waals surface area (Å²) in [5.41, 5.74) is 0. The largest absolute Gasteiger partial charge is 0.461 e. The van der Waals surface area contributed by atoms with Gasteiger partial charge in [-0.05, 0) is 32.2 Å². The first kappa shape index (κ1) is 11.9. The van der Waals surface area contributed by atoms with Crippen LogP contribution in [0.4, 0.5) is 0 Å². The number of ether oxygens (including phenoxy) is 1. The molecule has 1 aliphatic carbocycles. The first-order chi connectivity index (χ1) is 7.75. The van der Waals surface area contributed by atoms with E-state index >= 15 is 0 Å². The zero-order valence-corrected chi connectivity index (χ0v) is 10.3. The van der Waals surface area contributed by atoms with Crippen molar-refractivity contribution in [1.82, 2.24) is 4.90 Å². The van der Waals surface area contributed by atoms with Crippen LogP contribution in [-0.4, -0.2) is 36.1 Å². The van der Waals surface area contributed by atoms with Gasteiger partial charge in [0.25, 0.3) is 0 Å². The zero-order chi connectivity index (χ0) is 11.4. The molecule has 0 N–H and O–H groups in total. The van der Waals surface area contributed by atoms with Crippen molar-refractivity contribution >= 4 is 5.97 Å². The number of piperidine rings is 1. The third-order valence-corrected chi connectivity index (χ3v) is 3.83. The average Bonchev–Trinajstić information content (AvgIpc) is 2.30. The van der Waals surface area contributed by atoms with Crippen LogP contribution in [0.3, 0.4) is 0 Å². The van der Waals surface area contributed by atoms with Crippen molar-refractivity contribution in [2.24, 2.45) is 0 Å². The van der Waals surface area contributed by atoms with Gasteiger partial charge in [-0.1, -0.05) is 19.3 Å². The van der Waals surface area contributed by atoms with Gasteiger partial charge in [-0.2, -0.15) is 0 Å². The van der Waals surface area contributed by atoms with Crippen LogP contribution in [-0.2, 0) is 9.53 Å². The molecular weight excluding hydrogens is 202 g/mol. The lowest BCUT2D eigenvalue weighted by molar-refractivity contribution is -0.149. The lowest BCUT2D eigenvalue weighted by Gasteiger charge is -2.39. The molecule has 0 aromatic heterocycles. The molecule has 16 heavy (non-hydrogen) atoms. The Kier molecular flexibility index (Phi) is 4.22. The predicted octanol–water partition coefficient (Wildman–Crippen LogP) is 2.35. The topological polar surface area (TPSA) is 29.5 Å². The van der Waals surface area contributed by atoms with Crippen LogP contribution >= 0.6 is 0 Å². The summed E-state index contributed by atoms with van der Waals surface area (Å²) in [5.74, 6) is -0.129. The highest BCUT2D eigenvalue weighted by Gasteiger charge is 2.28. The van der Waals surface area contributed by atoms with Crippen LogP contribution in [0.2, 0.25) is 0 Å². The van der Waals surface area contributed by atoms with Gasteiger partial charge in [0.1, 0.15) is 6.10 Å². The molecule has 3 nitrogen and oxygen atoms in total. The van der Waals surface area contributed by atoms with E-state index in [-0.39, 0.29) is 12.1 Å². The van der Waals surface area contributed by atoms with Crippen molar-refractivity contribution in [2.45, 2.75) is 64.0 Å². The number of likely N-dealkylation sites (tertiary alicyclic amines) is 1. The summed E-state index contributed by atoms with van der Waals surface area (Å²) in [7, 11) is 0. The van der Waals surface area contributed by atoms with Gasteiger partial charge >= 0.3 is 5.97 Å². The summed E-state index contributed by atoms with van der Waals surface area (Å²) in [5, 5.41) is 0. The molecule has 2 fully saturated rings. The van der Waals surface area contributed by atoms with Crippen molar-refractivity contribution in [2.75, 3.05) is 13.1 Å². The summed E-state index contributed by atoms with van der Waals surface area (Å²) >= 11 is 0. The first-order valence-electron chi connectivity index (χ1n) is 6.67. The molecule has 0 radical (unpaired) electrons. The second-order valence-electron chi connectivity index (χ2n) is 5.16. The Morgan fingerprint density at radius 1 is 1.12 bits per heavy atom. The van der Waals surface area contributed by atoms with E-state index in [1.807, 2.05) is 0 Å². The standard InChI is InChI=1S/C13H23NO2/c1-11(15)16-13-8-5-9-14(10-13)12-6-3-2-4-7-12/h12-13H,2-10H2,1H3/t13-/m1/s1. The lowest BCUT2D eigenvalue weighted by atomic mass is 9.92. The van der Waals surface area contributed by atoms with E-state index in [0.29, 0.717) is 0 Å². The van der Waals surface area contributed by atoms with E-state index in [0.717, 1.165) is 19.0 Å². The minimum absolute atomic E-state index is 0.129. The quantitative estimate of drug-likeness (QED) is 0.676. The summed E-state index contributed by atoms with van der Waals surface area (Å²) in [6.07, 6.45) is 9.20. The van der Waals surface area contributed by atoms with Crippen molar-refractivity contribution in [3.05, 3.63) is 0 Å². The van der Waals surface area contributed by atoms with E-state index in [1.165, 1.54) is 52.0 Å². The SMILES string of the molecule is CC(=O)O[C@@H]1CCCN(C2CCCCC2)C1. The smallest absolute Gasteiger partial charge is 0.302 e. The van der Waals surface area contributed by atoms with Crippen LogP contribution < -0.4 is 0 Å². The molecule has 0 amide bonds. The van der Waals surface area contributed by atoms with Crippen LogP contribution in [0.15, 0.2) is 0 Å². The average molecular weight is 225 g/mol. The van der Waals surface area contributed by atoms with Crippen LogP contribution in [0.5, 0.6) is 0 Å². The van der Waals surface area contributed by atoms with Crippen molar-refractivity contribution in [3.8, 4) is 0 Å². The lowest BCUT2D eigenvalue weighted by Crippen LogP contribution is -2.46. The van der Waals surface area contributed by atoms with Gasteiger partial charge in [0, 0.05) is 19.5 Å². The third-order valence-electron chi connectivity index (χ3n) is 3.83. The van der Waals surface area contributed by atoms with Crippen molar-refractivity contribution in [1.29, 1.82) is 0 Å². The molecule has 1 saturated heterocycles. The zero-order valence-electron chi connectivity index (χ0n) is 10.3. The third kappa shape index (κ3) is 3.21. The molecule has 0 unspecified atom stereocenters. The molecule has 1 saturated carbocycles. The summed E-state index contributed by atoms with van der Waals surface area (Å²) in [6.45, 7) is 3.67. The van der Waals surface area contributed by atoms with Gasteiger partial charge in [-0.3, -0.25) is 9.69 Å². The highest BCUT2D eigenvalue weighted by molar-refractivity contribution is 5.66. The number of hydrogen-bond donors (Lipinski definition) is 0. The van der Waals surface area contributed by atoms with Crippen molar-refractivity contribution in [3.63, 3.8) is 0 Å². The molecular formula is C13H23NO2. The fourth-order valence-electron chi connectivity index (χ4n) is 3.07. The second kappa shape index (κ2) is 5.67. The Labute approximate surface area is 98.1 Å². The molecule has 0 spiro atoms. The number of carbonyl (C=O) groups is 1. The van der Waals surface area contributed by atoms with E-state index in [2.05, 4.69) is 4.90 Å². The summed E-state index contributed by atoms with van der Waals surface area (Å²) in [6, 6.07) is 0.757. The van der Waals surface area contributed by atoms with Gasteiger partial charge in [0.15, 0.2) is 0 Å². The molecule has 1 aliphatic heterocycles. The Bertz CT molecular complexity index is 236. The molecule has 0 bridgehead atoms. The second-order valence-corrected chi connectivity index (χ2v) is 5.16. The Balaban J connectivity index is 1.83. The molecule has 1 atom stereocenters. The maximum absolute atomic E-state index is 11.0.